The van der Waals surface area contributed by atoms with Gasteiger partial charge in [-0.2, -0.15) is 0 Å². The van der Waals surface area contributed by atoms with Crippen LogP contribution in [0.2, 0.25) is 10.2 Å². The Morgan fingerprint density at radius 1 is 1.12 bits per heavy atom. The molecule has 2 aromatic rings. The number of anilines is 1. The van der Waals surface area contributed by atoms with Gasteiger partial charge in [0.05, 0.1) is 23.3 Å². The molecule has 0 bridgehead atoms. The van der Waals surface area contributed by atoms with Gasteiger partial charge in [0, 0.05) is 30.2 Å². The Balaban J connectivity index is 1.48. The van der Waals surface area contributed by atoms with Gasteiger partial charge in [-0.05, 0) is 74.5 Å². The summed E-state index contributed by atoms with van der Waals surface area (Å²) < 4.78 is 21.7. The molecule has 43 heavy (non-hydrogen) atoms. The number of nitrogens with zero attached hydrogens (tertiary/aromatic N) is 1. The second-order valence-electron chi connectivity index (χ2n) is 13.6. The molecular formula is C32H39Cl2FN4O4. The Labute approximate surface area is 261 Å². The summed E-state index contributed by atoms with van der Waals surface area (Å²) in [5, 5.41) is 19.9. The molecule has 11 heteroatoms. The van der Waals surface area contributed by atoms with Gasteiger partial charge in [0.25, 0.3) is 0 Å². The van der Waals surface area contributed by atoms with Crippen molar-refractivity contribution in [3.8, 4) is 0 Å². The fourth-order valence-electron chi connectivity index (χ4n) is 8.29. The van der Waals surface area contributed by atoms with Crippen molar-refractivity contribution in [3.05, 3.63) is 57.5 Å². The minimum Gasteiger partial charge on any atom is -0.393 e. The molecule has 1 aromatic heterocycles. The molecule has 3 fully saturated rings. The number of aromatic nitrogens is 1. The summed E-state index contributed by atoms with van der Waals surface area (Å²) in [5.41, 5.74) is -1.95. The number of fused-ring (bicyclic) bond motifs is 3. The van der Waals surface area contributed by atoms with Gasteiger partial charge in [0.15, 0.2) is 0 Å². The van der Waals surface area contributed by atoms with E-state index in [9.17, 15) is 14.7 Å². The molecule has 4 N–H and O–H groups in total. The number of aliphatic hydroxyl groups is 1. The van der Waals surface area contributed by atoms with Gasteiger partial charge in [-0.1, -0.05) is 55.2 Å². The standard InChI is InChI=1S/C32H39Cl2FN4O4/c1-29(2)13-15-31(16-14-29)32(20-7-8-22(34)37-26(20)38-28(32)42)23(19-5-4-6-21(33)24(19)35)25(39-31)27(41)36-18-9-11-30(17-40,43-3)12-10-18/h4-8,18,23,25,39-40H,9-17H2,1-3H3,(H,36,41)(H,37,38,42)/t18?,23-,25+,30?,32+/m0/s1. The molecule has 6 rings (SSSR count). The van der Waals surface area contributed by atoms with E-state index in [1.54, 1.807) is 31.4 Å². The Kier molecular flexibility index (Phi) is 7.82. The van der Waals surface area contributed by atoms with Gasteiger partial charge in [0.2, 0.25) is 11.8 Å². The lowest BCUT2D eigenvalue weighted by molar-refractivity contribution is -0.125. The van der Waals surface area contributed by atoms with Crippen LogP contribution in [0, 0.1) is 11.2 Å². The first kappa shape index (κ1) is 30.7. The predicted molar refractivity (Wildman–Crippen MR) is 163 cm³/mol. The molecule has 1 aromatic carbocycles. The van der Waals surface area contributed by atoms with Crippen LogP contribution in [0.15, 0.2) is 30.3 Å². The Hall–Kier alpha value is -2.30. The number of pyridine rings is 1. The highest BCUT2D eigenvalue weighted by molar-refractivity contribution is 6.31. The monoisotopic (exact) mass is 632 g/mol. The molecule has 2 aliphatic heterocycles. The lowest BCUT2D eigenvalue weighted by Crippen LogP contribution is -2.61. The number of carbonyl (C=O) groups excluding carboxylic acids is 2. The van der Waals surface area contributed by atoms with Crippen LogP contribution >= 0.6 is 23.2 Å². The summed E-state index contributed by atoms with van der Waals surface area (Å²) >= 11 is 12.6. The van der Waals surface area contributed by atoms with Crippen LogP contribution in [-0.4, -0.2) is 58.8 Å². The number of aliphatic hydroxyl groups excluding tert-OH is 1. The molecular weight excluding hydrogens is 594 g/mol. The molecule has 8 nitrogen and oxygen atoms in total. The van der Waals surface area contributed by atoms with E-state index >= 15 is 4.39 Å². The van der Waals surface area contributed by atoms with Crippen molar-refractivity contribution in [2.75, 3.05) is 19.0 Å². The summed E-state index contributed by atoms with van der Waals surface area (Å²) in [6, 6.07) is 7.11. The molecule has 3 heterocycles. The molecule has 2 aliphatic carbocycles. The number of nitrogens with one attached hydrogen (secondary N) is 3. The first-order valence-corrected chi connectivity index (χ1v) is 15.8. The molecule has 4 aliphatic rings. The van der Waals surface area contributed by atoms with Crippen molar-refractivity contribution >= 4 is 40.8 Å². The van der Waals surface area contributed by atoms with Gasteiger partial charge >= 0.3 is 0 Å². The van der Waals surface area contributed by atoms with Crippen LogP contribution in [0.1, 0.15) is 82.3 Å². The van der Waals surface area contributed by atoms with E-state index in [2.05, 4.69) is 34.8 Å². The zero-order valence-corrected chi connectivity index (χ0v) is 26.2. The maximum Gasteiger partial charge on any atom is 0.238 e. The number of halogens is 3. The summed E-state index contributed by atoms with van der Waals surface area (Å²) in [6.07, 6.45) is 5.28. The van der Waals surface area contributed by atoms with E-state index in [-0.39, 0.29) is 45.6 Å². The van der Waals surface area contributed by atoms with Gasteiger partial charge in [-0.25, -0.2) is 9.37 Å². The van der Waals surface area contributed by atoms with Crippen molar-refractivity contribution in [2.24, 2.45) is 5.41 Å². The second-order valence-corrected chi connectivity index (χ2v) is 14.4. The third-order valence-electron chi connectivity index (χ3n) is 10.9. The van der Waals surface area contributed by atoms with Crippen LogP contribution in [0.5, 0.6) is 0 Å². The number of carbonyl (C=O) groups is 2. The quantitative estimate of drug-likeness (QED) is 0.335. The van der Waals surface area contributed by atoms with Crippen molar-refractivity contribution < 1.29 is 23.8 Å². The first-order valence-electron chi connectivity index (χ1n) is 15.1. The third-order valence-corrected chi connectivity index (χ3v) is 11.4. The molecule has 0 unspecified atom stereocenters. The highest BCUT2D eigenvalue weighted by Crippen LogP contribution is 2.63. The lowest BCUT2D eigenvalue weighted by Gasteiger charge is -2.50. The van der Waals surface area contributed by atoms with Crippen molar-refractivity contribution in [1.29, 1.82) is 0 Å². The number of hydrogen-bond acceptors (Lipinski definition) is 6. The zero-order valence-electron chi connectivity index (χ0n) is 24.7. The molecule has 2 spiro atoms. The largest absolute Gasteiger partial charge is 0.393 e. The first-order chi connectivity index (χ1) is 20.4. The van der Waals surface area contributed by atoms with Gasteiger partial charge in [-0.15, -0.1) is 0 Å². The van der Waals surface area contributed by atoms with Gasteiger partial charge in [-0.3, -0.25) is 14.9 Å². The second kappa shape index (κ2) is 10.9. The molecule has 2 amide bonds. The van der Waals surface area contributed by atoms with Crippen LogP contribution in [0.3, 0.4) is 0 Å². The maximum atomic E-state index is 16.1. The Bertz CT molecular complexity index is 1430. The van der Waals surface area contributed by atoms with Crippen molar-refractivity contribution in [3.63, 3.8) is 0 Å². The summed E-state index contributed by atoms with van der Waals surface area (Å²) in [7, 11) is 1.60. The minimum atomic E-state index is -1.35. The maximum absolute atomic E-state index is 16.1. The van der Waals surface area contributed by atoms with E-state index in [1.165, 1.54) is 6.07 Å². The lowest BCUT2D eigenvalue weighted by atomic mass is 9.53. The molecule has 1 saturated heterocycles. The van der Waals surface area contributed by atoms with E-state index < -0.39 is 34.3 Å². The fourth-order valence-corrected chi connectivity index (χ4v) is 8.62. The van der Waals surface area contributed by atoms with Gasteiger partial charge in [0.1, 0.15) is 22.2 Å². The number of rotatable bonds is 5. The minimum absolute atomic E-state index is 0.0457. The predicted octanol–water partition coefficient (Wildman–Crippen LogP) is 5.25. The average molecular weight is 634 g/mol. The SMILES string of the molecule is COC1(CO)CCC(NC(=O)[C@@H]2NC3(CCC(C)(C)CC3)[C@@]3(C(=O)Nc4nc(Cl)ccc43)[C@H]2c2cccc(Cl)c2F)CC1. The summed E-state index contributed by atoms with van der Waals surface area (Å²) in [6.45, 7) is 4.33. The van der Waals surface area contributed by atoms with Crippen LogP contribution in [-0.2, 0) is 19.7 Å². The number of benzene rings is 1. The van der Waals surface area contributed by atoms with E-state index in [1.807, 2.05) is 0 Å². The van der Waals surface area contributed by atoms with E-state index in [4.69, 9.17) is 27.9 Å². The molecule has 3 atom stereocenters. The molecule has 2 saturated carbocycles. The molecule has 0 radical (unpaired) electrons. The zero-order chi connectivity index (χ0) is 30.8. The summed E-state index contributed by atoms with van der Waals surface area (Å²) in [4.78, 5) is 33.3. The van der Waals surface area contributed by atoms with Crippen molar-refractivity contribution in [1.82, 2.24) is 15.6 Å². The normalized spacial score (nSPS) is 32.5. The van der Waals surface area contributed by atoms with Crippen LogP contribution in [0.25, 0.3) is 0 Å². The smallest absolute Gasteiger partial charge is 0.238 e. The fraction of sp³-hybridized carbons (Fsp3) is 0.594. The highest BCUT2D eigenvalue weighted by Gasteiger charge is 2.73. The van der Waals surface area contributed by atoms with Gasteiger partial charge < -0.3 is 20.5 Å². The van der Waals surface area contributed by atoms with E-state index in [0.29, 0.717) is 49.9 Å². The number of hydrogen-bond donors (Lipinski definition) is 4. The number of ether oxygens (including phenoxy) is 1. The number of methoxy groups -OCH3 is 1. The Morgan fingerprint density at radius 3 is 2.47 bits per heavy atom. The topological polar surface area (TPSA) is 113 Å². The summed E-state index contributed by atoms with van der Waals surface area (Å²) in [5.74, 6) is -1.85. The number of amides is 2. The highest BCUT2D eigenvalue weighted by atomic mass is 35.5. The van der Waals surface area contributed by atoms with E-state index in [0.717, 1.165) is 12.8 Å². The third kappa shape index (κ3) is 4.78. The van der Waals surface area contributed by atoms with Crippen LogP contribution < -0.4 is 16.0 Å². The average Bonchev–Trinajstić information content (AvgIpc) is 3.44. The molecule has 232 valence electrons. The van der Waals surface area contributed by atoms with Crippen LogP contribution in [0.4, 0.5) is 10.2 Å². The Morgan fingerprint density at radius 2 is 1.81 bits per heavy atom. The van der Waals surface area contributed by atoms with Crippen molar-refractivity contribution in [2.45, 2.75) is 99.8 Å².